The van der Waals surface area contributed by atoms with Gasteiger partial charge in [0.05, 0.1) is 12.7 Å². The van der Waals surface area contributed by atoms with Gasteiger partial charge in [-0.2, -0.15) is 5.10 Å². The van der Waals surface area contributed by atoms with Gasteiger partial charge in [0, 0.05) is 28.7 Å². The Kier molecular flexibility index (Phi) is 3.32. The van der Waals surface area contributed by atoms with Crippen LogP contribution in [0.15, 0.2) is 35.5 Å². The molecule has 0 bridgehead atoms. The molecule has 0 aliphatic carbocycles. The molecule has 1 heterocycles. The van der Waals surface area contributed by atoms with Gasteiger partial charge in [-0.05, 0) is 12.1 Å². The van der Waals surface area contributed by atoms with E-state index in [4.69, 9.17) is 17.3 Å². The number of hydrogen-bond donors (Lipinski definition) is 1. The van der Waals surface area contributed by atoms with Crippen molar-refractivity contribution in [2.45, 2.75) is 11.4 Å². The van der Waals surface area contributed by atoms with E-state index in [2.05, 4.69) is 5.10 Å². The molecule has 18 heavy (non-hydrogen) atoms. The van der Waals surface area contributed by atoms with Gasteiger partial charge < -0.3 is 5.73 Å². The third-order valence-electron chi connectivity index (χ3n) is 2.51. The maximum atomic E-state index is 11.3. The van der Waals surface area contributed by atoms with Gasteiger partial charge in [-0.3, -0.25) is 4.68 Å². The van der Waals surface area contributed by atoms with Crippen molar-refractivity contribution in [1.82, 2.24) is 9.78 Å². The lowest BCUT2D eigenvalue weighted by Crippen LogP contribution is -2.04. The van der Waals surface area contributed by atoms with Gasteiger partial charge in [0.15, 0.2) is 9.84 Å². The van der Waals surface area contributed by atoms with Crippen LogP contribution in [0.1, 0.15) is 5.56 Å². The molecule has 5 nitrogen and oxygen atoms in total. The van der Waals surface area contributed by atoms with E-state index in [0.717, 1.165) is 11.8 Å². The molecule has 0 saturated heterocycles. The molecule has 0 aliphatic rings. The van der Waals surface area contributed by atoms with Crippen LogP contribution in [-0.2, 0) is 16.4 Å². The standard InChI is InChI=1S/C11H12ClN3O2S/c1-18(16,17)8-5-14-15(6-8)7-9-10(12)3-2-4-11(9)13/h2-6H,7,13H2,1H3. The zero-order valence-corrected chi connectivity index (χ0v) is 11.2. The van der Waals surface area contributed by atoms with Crippen LogP contribution in [0.5, 0.6) is 0 Å². The molecule has 7 heteroatoms. The summed E-state index contributed by atoms with van der Waals surface area (Å²) in [5.74, 6) is 0. The van der Waals surface area contributed by atoms with Crippen molar-refractivity contribution in [3.8, 4) is 0 Å². The fraction of sp³-hybridized carbons (Fsp3) is 0.182. The van der Waals surface area contributed by atoms with E-state index in [-0.39, 0.29) is 4.90 Å². The van der Waals surface area contributed by atoms with E-state index in [0.29, 0.717) is 17.3 Å². The van der Waals surface area contributed by atoms with E-state index in [1.807, 2.05) is 0 Å². The Balaban J connectivity index is 2.33. The minimum absolute atomic E-state index is 0.174. The molecule has 0 radical (unpaired) electrons. The molecule has 0 unspecified atom stereocenters. The predicted octanol–water partition coefficient (Wildman–Crippen LogP) is 1.57. The molecule has 1 aromatic carbocycles. The Hall–Kier alpha value is -1.53. The highest BCUT2D eigenvalue weighted by atomic mass is 35.5. The first-order valence-corrected chi connectivity index (χ1v) is 7.40. The fourth-order valence-electron chi connectivity index (χ4n) is 1.53. The SMILES string of the molecule is CS(=O)(=O)c1cnn(Cc2c(N)cccc2Cl)c1. The summed E-state index contributed by atoms with van der Waals surface area (Å²) in [6.07, 6.45) is 3.90. The molecule has 0 saturated carbocycles. The summed E-state index contributed by atoms with van der Waals surface area (Å²) in [6.45, 7) is 0.334. The van der Waals surface area contributed by atoms with Gasteiger partial charge in [0.25, 0.3) is 0 Å². The molecule has 2 rings (SSSR count). The van der Waals surface area contributed by atoms with Crippen molar-refractivity contribution in [3.05, 3.63) is 41.2 Å². The molecule has 96 valence electrons. The lowest BCUT2D eigenvalue weighted by atomic mass is 10.2. The quantitative estimate of drug-likeness (QED) is 0.868. The number of anilines is 1. The smallest absolute Gasteiger partial charge is 0.178 e. The predicted molar refractivity (Wildman–Crippen MR) is 70.3 cm³/mol. The van der Waals surface area contributed by atoms with Crippen molar-refractivity contribution in [1.29, 1.82) is 0 Å². The Morgan fingerprint density at radius 1 is 1.44 bits per heavy atom. The second kappa shape index (κ2) is 4.62. The third kappa shape index (κ3) is 2.65. The van der Waals surface area contributed by atoms with E-state index >= 15 is 0 Å². The van der Waals surface area contributed by atoms with E-state index in [1.54, 1.807) is 18.2 Å². The van der Waals surface area contributed by atoms with Crippen LogP contribution in [0.3, 0.4) is 0 Å². The molecule has 1 aromatic heterocycles. The summed E-state index contributed by atoms with van der Waals surface area (Å²) >= 11 is 6.04. The number of aromatic nitrogens is 2. The molecule has 0 aliphatic heterocycles. The highest BCUT2D eigenvalue weighted by Crippen LogP contribution is 2.23. The maximum Gasteiger partial charge on any atom is 0.178 e. The lowest BCUT2D eigenvalue weighted by Gasteiger charge is -2.07. The second-order valence-corrected chi connectivity index (χ2v) is 6.38. The van der Waals surface area contributed by atoms with Gasteiger partial charge in [0.1, 0.15) is 4.90 Å². The Labute approximate surface area is 110 Å². The van der Waals surface area contributed by atoms with Crippen LogP contribution in [0.25, 0.3) is 0 Å². The van der Waals surface area contributed by atoms with Crippen LogP contribution in [0, 0.1) is 0 Å². The first-order valence-electron chi connectivity index (χ1n) is 5.13. The molecule has 0 atom stereocenters. The highest BCUT2D eigenvalue weighted by molar-refractivity contribution is 7.90. The summed E-state index contributed by atoms with van der Waals surface area (Å²) < 4.78 is 24.2. The van der Waals surface area contributed by atoms with Crippen molar-refractivity contribution in [2.75, 3.05) is 12.0 Å². The van der Waals surface area contributed by atoms with Crippen molar-refractivity contribution in [2.24, 2.45) is 0 Å². The van der Waals surface area contributed by atoms with Gasteiger partial charge in [-0.15, -0.1) is 0 Å². The molecular formula is C11H12ClN3O2S. The molecular weight excluding hydrogens is 274 g/mol. The molecule has 0 spiro atoms. The summed E-state index contributed by atoms with van der Waals surface area (Å²) in [4.78, 5) is 0.174. The average Bonchev–Trinajstić information content (AvgIpc) is 2.72. The van der Waals surface area contributed by atoms with Crippen LogP contribution in [0.4, 0.5) is 5.69 Å². The van der Waals surface area contributed by atoms with Crippen molar-refractivity contribution >= 4 is 27.1 Å². The molecule has 2 aromatic rings. The summed E-state index contributed by atoms with van der Waals surface area (Å²) in [5, 5.41) is 4.52. The lowest BCUT2D eigenvalue weighted by molar-refractivity contribution is 0.601. The summed E-state index contributed by atoms with van der Waals surface area (Å²) in [5.41, 5.74) is 7.10. The van der Waals surface area contributed by atoms with Crippen molar-refractivity contribution < 1.29 is 8.42 Å². The van der Waals surface area contributed by atoms with Crippen LogP contribution in [-0.4, -0.2) is 24.5 Å². The highest BCUT2D eigenvalue weighted by Gasteiger charge is 2.11. The van der Waals surface area contributed by atoms with Gasteiger partial charge in [-0.1, -0.05) is 17.7 Å². The first kappa shape index (κ1) is 12.9. The molecule has 2 N–H and O–H groups in total. The minimum Gasteiger partial charge on any atom is -0.398 e. The second-order valence-electron chi connectivity index (χ2n) is 3.95. The number of nitrogen functional groups attached to an aromatic ring is 1. The van der Waals surface area contributed by atoms with Crippen LogP contribution in [0.2, 0.25) is 5.02 Å². The number of benzene rings is 1. The van der Waals surface area contributed by atoms with Gasteiger partial charge in [-0.25, -0.2) is 8.42 Å². The number of nitrogens with zero attached hydrogens (tertiary/aromatic N) is 2. The number of rotatable bonds is 3. The Morgan fingerprint density at radius 3 is 2.72 bits per heavy atom. The van der Waals surface area contributed by atoms with Crippen LogP contribution < -0.4 is 5.73 Å². The Morgan fingerprint density at radius 2 is 2.17 bits per heavy atom. The van der Waals surface area contributed by atoms with E-state index in [1.165, 1.54) is 17.1 Å². The zero-order chi connectivity index (χ0) is 13.3. The number of nitrogens with two attached hydrogens (primary N) is 1. The number of hydrogen-bond acceptors (Lipinski definition) is 4. The zero-order valence-electron chi connectivity index (χ0n) is 9.67. The normalized spacial score (nSPS) is 11.7. The first-order chi connectivity index (χ1) is 8.38. The third-order valence-corrected chi connectivity index (χ3v) is 3.93. The monoisotopic (exact) mass is 285 g/mol. The maximum absolute atomic E-state index is 11.3. The number of halogens is 1. The van der Waals surface area contributed by atoms with E-state index in [9.17, 15) is 8.42 Å². The topological polar surface area (TPSA) is 78.0 Å². The summed E-state index contributed by atoms with van der Waals surface area (Å²) in [6, 6.07) is 5.22. The van der Waals surface area contributed by atoms with Gasteiger partial charge in [0.2, 0.25) is 0 Å². The minimum atomic E-state index is -3.24. The fourth-order valence-corrected chi connectivity index (χ4v) is 2.32. The van der Waals surface area contributed by atoms with Gasteiger partial charge >= 0.3 is 0 Å². The molecule has 0 amide bonds. The largest absolute Gasteiger partial charge is 0.398 e. The number of sulfone groups is 1. The summed E-state index contributed by atoms with van der Waals surface area (Å²) in [7, 11) is -3.24. The van der Waals surface area contributed by atoms with Crippen molar-refractivity contribution in [3.63, 3.8) is 0 Å². The molecule has 0 fully saturated rings. The van der Waals surface area contributed by atoms with E-state index < -0.39 is 9.84 Å². The Bertz CT molecular complexity index is 659. The average molecular weight is 286 g/mol. The van der Waals surface area contributed by atoms with Crippen LogP contribution >= 0.6 is 11.6 Å².